The topological polar surface area (TPSA) is 140 Å². The maximum Gasteiger partial charge on any atom is 0.340 e. The number of aromatic nitrogens is 1. The van der Waals surface area contributed by atoms with Crippen LogP contribution in [-0.4, -0.2) is 20.6 Å². The number of fused-ring (bicyclic) bond motifs is 4. The molecule has 9 nitrogen and oxygen atoms in total. The number of pyridine rings is 1. The zero-order chi connectivity index (χ0) is 18.6. The average molecular weight is 352 g/mol. The summed E-state index contributed by atoms with van der Waals surface area (Å²) < 4.78 is 1.20. The molecule has 4 N–H and O–H groups in total. The van der Waals surface area contributed by atoms with E-state index in [9.17, 15) is 24.8 Å². The number of nitrogens with one attached hydrogen (secondary N) is 1. The van der Waals surface area contributed by atoms with Crippen molar-refractivity contribution in [3.05, 3.63) is 74.1 Å². The van der Waals surface area contributed by atoms with Crippen molar-refractivity contribution >= 4 is 28.2 Å². The van der Waals surface area contributed by atoms with E-state index in [1.54, 1.807) is 24.3 Å². The number of hydrogen-bond acceptors (Lipinski definition) is 6. The standard InChI is InChI=1S/C17H12N4O5/c18-14-10-3-1-2-4-12(10)20-15(19-14)13(17(23)24)9-6-5-8(21(25)26)7-11(9)16(20)22/h1-7,14,19H,18H2,(H,23,24). The molecule has 1 atom stereocenters. The van der Waals surface area contributed by atoms with E-state index in [-0.39, 0.29) is 27.8 Å². The lowest BCUT2D eigenvalue weighted by Gasteiger charge is -2.29. The van der Waals surface area contributed by atoms with Crippen LogP contribution < -0.4 is 16.6 Å². The van der Waals surface area contributed by atoms with Crippen molar-refractivity contribution in [1.29, 1.82) is 0 Å². The van der Waals surface area contributed by atoms with Gasteiger partial charge in [-0.1, -0.05) is 18.2 Å². The fourth-order valence-corrected chi connectivity index (χ4v) is 3.26. The van der Waals surface area contributed by atoms with Gasteiger partial charge in [0.2, 0.25) is 0 Å². The van der Waals surface area contributed by atoms with E-state index < -0.39 is 22.6 Å². The molecule has 0 saturated carbocycles. The minimum atomic E-state index is -1.27. The SMILES string of the molecule is NC1Nc2c(C(=O)O)c3ccc([N+](=O)[O-])cc3c(=O)n2-c2ccccc21. The highest BCUT2D eigenvalue weighted by molar-refractivity contribution is 6.08. The summed E-state index contributed by atoms with van der Waals surface area (Å²) in [6.45, 7) is 0. The number of carboxylic acids is 1. The quantitative estimate of drug-likeness (QED) is 0.473. The Morgan fingerprint density at radius 1 is 1.23 bits per heavy atom. The Balaban J connectivity index is 2.21. The Morgan fingerprint density at radius 2 is 1.96 bits per heavy atom. The van der Waals surface area contributed by atoms with Crippen LogP contribution in [0.2, 0.25) is 0 Å². The fraction of sp³-hybridized carbons (Fsp3) is 0.0588. The second-order valence-corrected chi connectivity index (χ2v) is 5.84. The number of benzene rings is 2. The van der Waals surface area contributed by atoms with Crippen LogP contribution in [0.5, 0.6) is 0 Å². The lowest BCUT2D eigenvalue weighted by molar-refractivity contribution is -0.384. The Labute approximate surface area is 145 Å². The normalized spacial score (nSPS) is 15.0. The number of nitro groups is 1. The molecule has 26 heavy (non-hydrogen) atoms. The summed E-state index contributed by atoms with van der Waals surface area (Å²) >= 11 is 0. The van der Waals surface area contributed by atoms with Crippen LogP contribution in [0.3, 0.4) is 0 Å². The molecule has 1 aliphatic heterocycles. The first-order valence-corrected chi connectivity index (χ1v) is 7.62. The van der Waals surface area contributed by atoms with Crippen molar-refractivity contribution in [2.75, 3.05) is 5.32 Å². The summed E-state index contributed by atoms with van der Waals surface area (Å²) in [7, 11) is 0. The van der Waals surface area contributed by atoms with Crippen LogP contribution >= 0.6 is 0 Å². The van der Waals surface area contributed by atoms with Gasteiger partial charge in [-0.2, -0.15) is 0 Å². The second-order valence-electron chi connectivity index (χ2n) is 5.84. The van der Waals surface area contributed by atoms with Crippen LogP contribution in [-0.2, 0) is 0 Å². The van der Waals surface area contributed by atoms with E-state index in [2.05, 4.69) is 5.32 Å². The van der Waals surface area contributed by atoms with Crippen LogP contribution in [0.4, 0.5) is 11.5 Å². The number of nitro benzene ring substituents is 1. The summed E-state index contributed by atoms with van der Waals surface area (Å²) in [5.74, 6) is -1.22. The molecule has 0 fully saturated rings. The van der Waals surface area contributed by atoms with Gasteiger partial charge >= 0.3 is 5.97 Å². The van der Waals surface area contributed by atoms with E-state index in [0.717, 1.165) is 6.07 Å². The zero-order valence-corrected chi connectivity index (χ0v) is 13.2. The van der Waals surface area contributed by atoms with Gasteiger partial charge < -0.3 is 16.2 Å². The third-order valence-corrected chi connectivity index (χ3v) is 4.40. The van der Waals surface area contributed by atoms with Crippen molar-refractivity contribution in [1.82, 2.24) is 4.57 Å². The summed E-state index contributed by atoms with van der Waals surface area (Å²) in [5.41, 5.74) is 6.11. The van der Waals surface area contributed by atoms with Gasteiger partial charge in [0.05, 0.1) is 16.0 Å². The highest BCUT2D eigenvalue weighted by Crippen LogP contribution is 2.35. The number of nitrogens with zero attached hydrogens (tertiary/aromatic N) is 2. The van der Waals surface area contributed by atoms with E-state index in [1.807, 2.05) is 0 Å². The molecule has 9 heteroatoms. The molecule has 0 saturated heterocycles. The van der Waals surface area contributed by atoms with E-state index >= 15 is 0 Å². The van der Waals surface area contributed by atoms with Crippen LogP contribution in [0.15, 0.2) is 47.3 Å². The van der Waals surface area contributed by atoms with Crippen molar-refractivity contribution in [2.45, 2.75) is 6.17 Å². The predicted octanol–water partition coefficient (Wildman–Crippen LogP) is 1.98. The molecule has 0 amide bonds. The highest BCUT2D eigenvalue weighted by atomic mass is 16.6. The molecule has 1 aromatic heterocycles. The van der Waals surface area contributed by atoms with Gasteiger partial charge in [0.15, 0.2) is 0 Å². The number of non-ortho nitro benzene ring substituents is 1. The molecule has 0 aliphatic carbocycles. The second kappa shape index (κ2) is 5.39. The van der Waals surface area contributed by atoms with Gasteiger partial charge in [0, 0.05) is 23.1 Å². The summed E-state index contributed by atoms with van der Waals surface area (Å²) in [6.07, 6.45) is -0.695. The summed E-state index contributed by atoms with van der Waals surface area (Å²) in [4.78, 5) is 35.4. The first-order chi connectivity index (χ1) is 12.4. The van der Waals surface area contributed by atoms with Gasteiger partial charge in [-0.05, 0) is 12.1 Å². The molecular weight excluding hydrogens is 340 g/mol. The molecule has 2 heterocycles. The monoisotopic (exact) mass is 352 g/mol. The van der Waals surface area contributed by atoms with Gasteiger partial charge in [-0.15, -0.1) is 0 Å². The number of nitrogens with two attached hydrogens (primary N) is 1. The van der Waals surface area contributed by atoms with Crippen molar-refractivity contribution in [2.24, 2.45) is 5.73 Å². The van der Waals surface area contributed by atoms with Crippen molar-refractivity contribution in [3.63, 3.8) is 0 Å². The summed E-state index contributed by atoms with van der Waals surface area (Å²) in [6, 6.07) is 10.4. The lowest BCUT2D eigenvalue weighted by Crippen LogP contribution is -2.35. The molecule has 0 bridgehead atoms. The molecule has 2 aromatic carbocycles. The molecule has 130 valence electrons. The van der Waals surface area contributed by atoms with Gasteiger partial charge in [0.25, 0.3) is 11.2 Å². The van der Waals surface area contributed by atoms with Crippen LogP contribution in [0.25, 0.3) is 16.5 Å². The Hall–Kier alpha value is -3.72. The number of hydrogen-bond donors (Lipinski definition) is 3. The van der Waals surface area contributed by atoms with E-state index in [1.165, 1.54) is 16.7 Å². The molecule has 4 rings (SSSR count). The number of carboxylic acid groups (broad SMARTS) is 1. The van der Waals surface area contributed by atoms with Crippen molar-refractivity contribution < 1.29 is 14.8 Å². The number of aromatic carboxylic acids is 1. The number of carbonyl (C=O) groups is 1. The maximum atomic E-state index is 13.1. The Kier molecular flexibility index (Phi) is 3.28. The molecule has 1 unspecified atom stereocenters. The minimum absolute atomic E-state index is 0.0487. The summed E-state index contributed by atoms with van der Waals surface area (Å²) in [5, 5.41) is 23.7. The number of rotatable bonds is 2. The first kappa shape index (κ1) is 15.8. The molecule has 0 radical (unpaired) electrons. The van der Waals surface area contributed by atoms with E-state index in [0.29, 0.717) is 11.3 Å². The predicted molar refractivity (Wildman–Crippen MR) is 93.7 cm³/mol. The third kappa shape index (κ3) is 2.07. The molecular formula is C17H12N4O5. The Morgan fingerprint density at radius 3 is 2.65 bits per heavy atom. The van der Waals surface area contributed by atoms with Crippen LogP contribution in [0.1, 0.15) is 22.1 Å². The van der Waals surface area contributed by atoms with E-state index in [4.69, 9.17) is 5.73 Å². The maximum absolute atomic E-state index is 13.1. The zero-order valence-electron chi connectivity index (χ0n) is 13.2. The first-order valence-electron chi connectivity index (χ1n) is 7.62. The van der Waals surface area contributed by atoms with Gasteiger partial charge in [0.1, 0.15) is 17.5 Å². The number of para-hydroxylation sites is 1. The third-order valence-electron chi connectivity index (χ3n) is 4.40. The van der Waals surface area contributed by atoms with Crippen molar-refractivity contribution in [3.8, 4) is 5.69 Å². The van der Waals surface area contributed by atoms with Gasteiger partial charge in [-0.25, -0.2) is 4.79 Å². The Bertz CT molecular complexity index is 1170. The van der Waals surface area contributed by atoms with Gasteiger partial charge in [-0.3, -0.25) is 19.5 Å². The smallest absolute Gasteiger partial charge is 0.340 e. The highest BCUT2D eigenvalue weighted by Gasteiger charge is 2.29. The molecule has 3 aromatic rings. The molecule has 1 aliphatic rings. The number of anilines is 1. The minimum Gasteiger partial charge on any atom is -0.478 e. The van der Waals surface area contributed by atoms with Crippen LogP contribution in [0, 0.1) is 10.1 Å². The largest absolute Gasteiger partial charge is 0.478 e. The fourth-order valence-electron chi connectivity index (χ4n) is 3.26. The average Bonchev–Trinajstić information content (AvgIpc) is 2.61. The molecule has 0 spiro atoms. The lowest BCUT2D eigenvalue weighted by atomic mass is 10.0.